The van der Waals surface area contributed by atoms with Crippen molar-refractivity contribution in [2.45, 2.75) is 25.8 Å². The first-order valence-corrected chi connectivity index (χ1v) is 7.85. The number of benzene rings is 1. The van der Waals surface area contributed by atoms with E-state index in [9.17, 15) is 4.79 Å². The standard InChI is InChI=1S/C16H24N4O/c1-2-19-7-9-20(10-8-19)13-5-6-15(17)14(11-13)16(21)18-12-3-4-12/h5-6,11-12H,2-4,7-10,17H2,1H3,(H,18,21). The second-order valence-electron chi connectivity index (χ2n) is 5.94. The van der Waals surface area contributed by atoms with Crippen LogP contribution in [0.5, 0.6) is 0 Å². The number of carbonyl (C=O) groups is 1. The fourth-order valence-electron chi connectivity index (χ4n) is 2.75. The number of rotatable bonds is 4. The zero-order valence-electron chi connectivity index (χ0n) is 12.6. The van der Waals surface area contributed by atoms with Gasteiger partial charge in [-0.1, -0.05) is 6.92 Å². The predicted molar refractivity (Wildman–Crippen MR) is 85.7 cm³/mol. The van der Waals surface area contributed by atoms with Gasteiger partial charge in [0, 0.05) is 43.6 Å². The third-order valence-corrected chi connectivity index (χ3v) is 4.38. The van der Waals surface area contributed by atoms with Crippen LogP contribution in [0.3, 0.4) is 0 Å². The molecule has 21 heavy (non-hydrogen) atoms. The minimum Gasteiger partial charge on any atom is -0.398 e. The maximum Gasteiger partial charge on any atom is 0.253 e. The van der Waals surface area contributed by atoms with Gasteiger partial charge in [-0.2, -0.15) is 0 Å². The number of anilines is 2. The molecule has 5 nitrogen and oxygen atoms in total. The van der Waals surface area contributed by atoms with Crippen molar-refractivity contribution >= 4 is 17.3 Å². The first-order chi connectivity index (χ1) is 10.2. The van der Waals surface area contributed by atoms with Crippen molar-refractivity contribution < 1.29 is 4.79 Å². The summed E-state index contributed by atoms with van der Waals surface area (Å²) in [6, 6.07) is 6.16. The van der Waals surface area contributed by atoms with Gasteiger partial charge in [-0.05, 0) is 37.6 Å². The van der Waals surface area contributed by atoms with E-state index in [1.54, 1.807) is 0 Å². The Morgan fingerprint density at radius 1 is 1.29 bits per heavy atom. The molecule has 2 fully saturated rings. The number of nitrogen functional groups attached to an aromatic ring is 1. The third kappa shape index (κ3) is 3.29. The van der Waals surface area contributed by atoms with Gasteiger partial charge in [0.25, 0.3) is 5.91 Å². The molecule has 1 aromatic carbocycles. The number of hydrogen-bond acceptors (Lipinski definition) is 4. The zero-order chi connectivity index (χ0) is 14.8. The monoisotopic (exact) mass is 288 g/mol. The van der Waals surface area contributed by atoms with Crippen molar-refractivity contribution in [2.24, 2.45) is 0 Å². The summed E-state index contributed by atoms with van der Waals surface area (Å²) in [6.45, 7) is 7.45. The molecule has 3 N–H and O–H groups in total. The van der Waals surface area contributed by atoms with E-state index in [1.807, 2.05) is 18.2 Å². The maximum absolute atomic E-state index is 12.2. The van der Waals surface area contributed by atoms with Crippen LogP contribution in [0.4, 0.5) is 11.4 Å². The number of likely N-dealkylation sites (N-methyl/N-ethyl adjacent to an activating group) is 1. The molecule has 0 bridgehead atoms. The van der Waals surface area contributed by atoms with Crippen LogP contribution < -0.4 is 16.0 Å². The lowest BCUT2D eigenvalue weighted by molar-refractivity contribution is 0.0952. The van der Waals surface area contributed by atoms with Crippen LogP contribution in [-0.4, -0.2) is 49.6 Å². The Bertz CT molecular complexity index is 519. The molecule has 0 atom stereocenters. The van der Waals surface area contributed by atoms with E-state index >= 15 is 0 Å². The highest BCUT2D eigenvalue weighted by Crippen LogP contribution is 2.24. The molecule has 3 rings (SSSR count). The van der Waals surface area contributed by atoms with Gasteiger partial charge in [-0.15, -0.1) is 0 Å². The fourth-order valence-corrected chi connectivity index (χ4v) is 2.75. The Kier molecular flexibility index (Phi) is 4.01. The van der Waals surface area contributed by atoms with Gasteiger partial charge in [0.1, 0.15) is 0 Å². The van der Waals surface area contributed by atoms with E-state index in [1.165, 1.54) is 0 Å². The summed E-state index contributed by atoms with van der Waals surface area (Å²) < 4.78 is 0. The Morgan fingerprint density at radius 2 is 2.00 bits per heavy atom. The van der Waals surface area contributed by atoms with Crippen LogP contribution in [0.2, 0.25) is 0 Å². The quantitative estimate of drug-likeness (QED) is 0.820. The second kappa shape index (κ2) is 5.93. The molecule has 1 heterocycles. The van der Waals surface area contributed by atoms with Gasteiger partial charge >= 0.3 is 0 Å². The van der Waals surface area contributed by atoms with E-state index in [0.717, 1.165) is 51.3 Å². The van der Waals surface area contributed by atoms with Crippen LogP contribution in [0.1, 0.15) is 30.1 Å². The maximum atomic E-state index is 12.2. The molecule has 114 valence electrons. The van der Waals surface area contributed by atoms with Gasteiger partial charge in [-0.3, -0.25) is 4.79 Å². The van der Waals surface area contributed by atoms with E-state index in [-0.39, 0.29) is 5.91 Å². The first kappa shape index (κ1) is 14.2. The number of hydrogen-bond donors (Lipinski definition) is 2. The van der Waals surface area contributed by atoms with Gasteiger partial charge in [0.15, 0.2) is 0 Å². The average Bonchev–Trinajstić information content (AvgIpc) is 3.32. The Balaban J connectivity index is 1.72. The molecule has 5 heteroatoms. The largest absolute Gasteiger partial charge is 0.398 e. The highest BCUT2D eigenvalue weighted by molar-refractivity contribution is 6.00. The average molecular weight is 288 g/mol. The summed E-state index contributed by atoms with van der Waals surface area (Å²) in [5, 5.41) is 3.01. The number of nitrogens with zero attached hydrogens (tertiary/aromatic N) is 2. The van der Waals surface area contributed by atoms with Crippen LogP contribution in [0.15, 0.2) is 18.2 Å². The number of piperazine rings is 1. The molecule has 1 saturated heterocycles. The molecule has 1 aliphatic heterocycles. The summed E-state index contributed by atoms with van der Waals surface area (Å²) in [7, 11) is 0. The smallest absolute Gasteiger partial charge is 0.253 e. The van der Waals surface area contributed by atoms with Crippen molar-refractivity contribution in [1.29, 1.82) is 0 Å². The molecule has 2 aliphatic rings. The van der Waals surface area contributed by atoms with Gasteiger partial charge < -0.3 is 20.9 Å². The van der Waals surface area contributed by atoms with E-state index in [2.05, 4.69) is 22.0 Å². The highest BCUT2D eigenvalue weighted by Gasteiger charge is 2.25. The molecular formula is C16H24N4O. The van der Waals surface area contributed by atoms with Crippen molar-refractivity contribution in [1.82, 2.24) is 10.2 Å². The second-order valence-corrected chi connectivity index (χ2v) is 5.94. The van der Waals surface area contributed by atoms with Crippen molar-refractivity contribution in [2.75, 3.05) is 43.4 Å². The van der Waals surface area contributed by atoms with Crippen LogP contribution >= 0.6 is 0 Å². The number of nitrogens with two attached hydrogens (primary N) is 1. The number of carbonyl (C=O) groups excluding carboxylic acids is 1. The zero-order valence-corrected chi connectivity index (χ0v) is 12.6. The molecule has 1 aliphatic carbocycles. The van der Waals surface area contributed by atoms with Gasteiger partial charge in [0.05, 0.1) is 5.56 Å². The highest BCUT2D eigenvalue weighted by atomic mass is 16.1. The molecule has 0 radical (unpaired) electrons. The predicted octanol–water partition coefficient (Wildman–Crippen LogP) is 1.30. The minimum absolute atomic E-state index is 0.0379. The van der Waals surface area contributed by atoms with Crippen molar-refractivity contribution in [3.8, 4) is 0 Å². The summed E-state index contributed by atoms with van der Waals surface area (Å²) in [5.74, 6) is -0.0379. The first-order valence-electron chi connectivity index (χ1n) is 7.85. The van der Waals surface area contributed by atoms with E-state index in [4.69, 9.17) is 5.73 Å². The summed E-state index contributed by atoms with van der Waals surface area (Å²) in [4.78, 5) is 17.0. The molecule has 1 saturated carbocycles. The SMILES string of the molecule is CCN1CCN(c2ccc(N)c(C(=O)NC3CC3)c2)CC1. The normalized spacial score (nSPS) is 19.6. The lowest BCUT2D eigenvalue weighted by Gasteiger charge is -2.35. The molecule has 0 spiro atoms. The van der Waals surface area contributed by atoms with Gasteiger partial charge in [-0.25, -0.2) is 0 Å². The summed E-state index contributed by atoms with van der Waals surface area (Å²) in [6.07, 6.45) is 2.18. The summed E-state index contributed by atoms with van der Waals surface area (Å²) >= 11 is 0. The Labute approximate surface area is 126 Å². The van der Waals surface area contributed by atoms with Gasteiger partial charge in [0.2, 0.25) is 0 Å². The molecule has 0 unspecified atom stereocenters. The molecule has 1 amide bonds. The van der Waals surface area contributed by atoms with Crippen LogP contribution in [-0.2, 0) is 0 Å². The number of amides is 1. The number of nitrogens with one attached hydrogen (secondary N) is 1. The van der Waals surface area contributed by atoms with E-state index in [0.29, 0.717) is 17.3 Å². The lowest BCUT2D eigenvalue weighted by atomic mass is 10.1. The van der Waals surface area contributed by atoms with Crippen LogP contribution in [0.25, 0.3) is 0 Å². The molecule has 1 aromatic rings. The van der Waals surface area contributed by atoms with Crippen molar-refractivity contribution in [3.63, 3.8) is 0 Å². The third-order valence-electron chi connectivity index (χ3n) is 4.38. The fraction of sp³-hybridized carbons (Fsp3) is 0.562. The minimum atomic E-state index is -0.0379. The molecule has 0 aromatic heterocycles. The van der Waals surface area contributed by atoms with E-state index < -0.39 is 0 Å². The van der Waals surface area contributed by atoms with Crippen LogP contribution in [0, 0.1) is 0 Å². The summed E-state index contributed by atoms with van der Waals surface area (Å²) in [5.41, 5.74) is 8.24. The van der Waals surface area contributed by atoms with Crippen molar-refractivity contribution in [3.05, 3.63) is 23.8 Å². The Morgan fingerprint density at radius 3 is 2.62 bits per heavy atom. The lowest BCUT2D eigenvalue weighted by Crippen LogP contribution is -2.46. The molecular weight excluding hydrogens is 264 g/mol. The Hall–Kier alpha value is -1.75. The topological polar surface area (TPSA) is 61.6 Å².